The fraction of sp³-hybridized carbons (Fsp3) is 0.250. The first-order valence-corrected chi connectivity index (χ1v) is 5.58. The molecule has 14 heavy (non-hydrogen) atoms. The van der Waals surface area contributed by atoms with Crippen LogP contribution in [0.1, 0.15) is 5.56 Å². The summed E-state index contributed by atoms with van der Waals surface area (Å²) in [5.74, 6) is -0.0742. The third-order valence-corrected chi connectivity index (χ3v) is 3.05. The highest BCUT2D eigenvalue weighted by molar-refractivity contribution is 7.88. The van der Waals surface area contributed by atoms with Crippen molar-refractivity contribution >= 4 is 15.7 Å². The van der Waals surface area contributed by atoms with Gasteiger partial charge in [-0.2, -0.15) is 0 Å². The van der Waals surface area contributed by atoms with Crippen LogP contribution in [0.2, 0.25) is 0 Å². The lowest BCUT2D eigenvalue weighted by Gasteiger charge is -2.00. The summed E-state index contributed by atoms with van der Waals surface area (Å²) in [7, 11) is -1.87. The van der Waals surface area contributed by atoms with Gasteiger partial charge >= 0.3 is 5.69 Å². The summed E-state index contributed by atoms with van der Waals surface area (Å²) in [5, 5.41) is 8.40. The van der Waals surface area contributed by atoms with Crippen LogP contribution in [-0.4, -0.2) is 15.5 Å². The number of nitrogens with one attached hydrogen (secondary N) is 1. The molecule has 6 heteroatoms. The SMILES string of the molecule is CNS(=O)(=O)Cc1ccc([N+]#N)cc1. The van der Waals surface area contributed by atoms with Gasteiger partial charge in [-0.05, 0) is 24.7 Å². The molecular formula is C8H10N3O2S+. The Kier molecular flexibility index (Phi) is 3.17. The monoisotopic (exact) mass is 212 g/mol. The lowest BCUT2D eigenvalue weighted by Crippen LogP contribution is -2.20. The molecule has 1 aromatic carbocycles. The van der Waals surface area contributed by atoms with E-state index >= 15 is 0 Å². The molecule has 0 aliphatic rings. The van der Waals surface area contributed by atoms with Gasteiger partial charge in [0.15, 0.2) is 4.98 Å². The van der Waals surface area contributed by atoms with Crippen molar-refractivity contribution in [2.24, 2.45) is 0 Å². The first-order chi connectivity index (χ1) is 6.57. The van der Waals surface area contributed by atoms with Gasteiger partial charge in [-0.1, -0.05) is 0 Å². The fourth-order valence-electron chi connectivity index (χ4n) is 0.950. The van der Waals surface area contributed by atoms with Crippen LogP contribution in [0.3, 0.4) is 0 Å². The molecule has 0 saturated heterocycles. The van der Waals surface area contributed by atoms with Gasteiger partial charge in [0.05, 0.1) is 5.75 Å². The van der Waals surface area contributed by atoms with E-state index in [2.05, 4.69) is 9.70 Å². The summed E-state index contributed by atoms with van der Waals surface area (Å²) < 4.78 is 24.5. The third kappa shape index (κ3) is 2.80. The highest BCUT2D eigenvalue weighted by Gasteiger charge is 2.10. The van der Waals surface area contributed by atoms with Crippen LogP contribution in [0, 0.1) is 5.39 Å². The van der Waals surface area contributed by atoms with Crippen LogP contribution >= 0.6 is 0 Å². The van der Waals surface area contributed by atoms with Gasteiger partial charge in [0.2, 0.25) is 15.4 Å². The molecule has 0 unspecified atom stereocenters. The van der Waals surface area contributed by atoms with Crippen molar-refractivity contribution in [1.82, 2.24) is 4.72 Å². The average molecular weight is 212 g/mol. The Morgan fingerprint density at radius 2 is 1.93 bits per heavy atom. The Labute approximate surface area is 82.4 Å². The van der Waals surface area contributed by atoms with E-state index in [1.807, 2.05) is 0 Å². The smallest absolute Gasteiger partial charge is 0.218 e. The summed E-state index contributed by atoms with van der Waals surface area (Å²) >= 11 is 0. The van der Waals surface area contributed by atoms with Crippen molar-refractivity contribution < 1.29 is 8.42 Å². The maximum atomic E-state index is 11.1. The number of hydrogen-bond donors (Lipinski definition) is 1. The minimum Gasteiger partial charge on any atom is -0.218 e. The predicted octanol–water partition coefficient (Wildman–Crippen LogP) is 1.22. The van der Waals surface area contributed by atoms with Crippen LogP contribution < -0.4 is 4.72 Å². The molecule has 0 aliphatic carbocycles. The van der Waals surface area contributed by atoms with Crippen LogP contribution in [-0.2, 0) is 15.8 Å². The molecule has 1 aromatic rings. The van der Waals surface area contributed by atoms with E-state index in [0.29, 0.717) is 11.3 Å². The minimum absolute atomic E-state index is 0.0742. The second kappa shape index (κ2) is 4.17. The first-order valence-electron chi connectivity index (χ1n) is 3.92. The number of benzene rings is 1. The molecule has 1 N–H and O–H groups in total. The van der Waals surface area contributed by atoms with Crippen LogP contribution in [0.15, 0.2) is 24.3 Å². The van der Waals surface area contributed by atoms with E-state index in [1.54, 1.807) is 24.3 Å². The van der Waals surface area contributed by atoms with Crippen molar-refractivity contribution in [2.75, 3.05) is 7.05 Å². The van der Waals surface area contributed by atoms with Gasteiger partial charge in [-0.15, -0.1) is 0 Å². The molecule has 0 saturated carbocycles. The second-order valence-corrected chi connectivity index (χ2v) is 4.66. The van der Waals surface area contributed by atoms with Crippen molar-refractivity contribution in [2.45, 2.75) is 5.75 Å². The highest BCUT2D eigenvalue weighted by Crippen LogP contribution is 2.13. The van der Waals surface area contributed by atoms with Gasteiger partial charge in [0.25, 0.3) is 0 Å². The van der Waals surface area contributed by atoms with Crippen molar-refractivity contribution in [3.63, 3.8) is 0 Å². The van der Waals surface area contributed by atoms with Gasteiger partial charge in [-0.25, -0.2) is 13.1 Å². The summed E-state index contributed by atoms with van der Waals surface area (Å²) in [6.07, 6.45) is 0. The van der Waals surface area contributed by atoms with Crippen LogP contribution in [0.4, 0.5) is 5.69 Å². The van der Waals surface area contributed by atoms with Crippen molar-refractivity contribution in [3.8, 4) is 0 Å². The Morgan fingerprint density at radius 1 is 1.36 bits per heavy atom. The normalized spacial score (nSPS) is 10.9. The molecule has 5 nitrogen and oxygen atoms in total. The zero-order valence-corrected chi connectivity index (χ0v) is 8.45. The minimum atomic E-state index is -3.24. The fourth-order valence-corrected chi connectivity index (χ4v) is 1.73. The van der Waals surface area contributed by atoms with Gasteiger partial charge in [-0.3, -0.25) is 0 Å². The molecule has 0 radical (unpaired) electrons. The molecule has 0 atom stereocenters. The number of nitrogens with zero attached hydrogens (tertiary/aromatic N) is 2. The number of rotatable bonds is 3. The maximum Gasteiger partial charge on any atom is 0.385 e. The molecule has 74 valence electrons. The Morgan fingerprint density at radius 3 is 2.36 bits per heavy atom. The van der Waals surface area contributed by atoms with Gasteiger partial charge in [0.1, 0.15) is 0 Å². The Bertz CT molecular complexity index is 444. The third-order valence-electron chi connectivity index (χ3n) is 1.72. The predicted molar refractivity (Wildman–Crippen MR) is 52.9 cm³/mol. The quantitative estimate of drug-likeness (QED) is 0.765. The van der Waals surface area contributed by atoms with Gasteiger partial charge < -0.3 is 0 Å². The molecule has 0 aromatic heterocycles. The molecular weight excluding hydrogens is 202 g/mol. The lowest BCUT2D eigenvalue weighted by atomic mass is 10.2. The molecule has 1 rings (SSSR count). The number of diazo groups is 1. The highest BCUT2D eigenvalue weighted by atomic mass is 32.2. The molecule has 0 spiro atoms. The molecule has 0 heterocycles. The maximum absolute atomic E-state index is 11.1. The molecule has 0 fully saturated rings. The zero-order chi connectivity index (χ0) is 10.6. The Balaban J connectivity index is 2.86. The van der Waals surface area contributed by atoms with Crippen LogP contribution in [0.25, 0.3) is 4.98 Å². The summed E-state index contributed by atoms with van der Waals surface area (Å²) in [6, 6.07) is 6.29. The largest absolute Gasteiger partial charge is 0.385 e. The standard InChI is InChI=1S/C8H10N3O2S/c1-10-14(12,13)6-7-2-4-8(11-9)5-3-7/h2-5,10H,6H2,1H3/q+1. The van der Waals surface area contributed by atoms with E-state index < -0.39 is 10.0 Å². The van der Waals surface area contributed by atoms with E-state index in [-0.39, 0.29) is 5.75 Å². The van der Waals surface area contributed by atoms with Gasteiger partial charge in [0, 0.05) is 12.1 Å². The molecule has 0 amide bonds. The summed E-state index contributed by atoms with van der Waals surface area (Å²) in [5.41, 5.74) is 1.04. The molecule has 0 aliphatic heterocycles. The Hall–Kier alpha value is -1.45. The number of sulfonamides is 1. The van der Waals surface area contributed by atoms with E-state index in [0.717, 1.165) is 0 Å². The molecule has 0 bridgehead atoms. The van der Waals surface area contributed by atoms with E-state index in [9.17, 15) is 8.42 Å². The average Bonchev–Trinajstić information content (AvgIpc) is 2.19. The van der Waals surface area contributed by atoms with E-state index in [1.165, 1.54) is 7.05 Å². The first kappa shape index (κ1) is 10.6. The summed E-state index contributed by atoms with van der Waals surface area (Å²) in [4.78, 5) is 2.96. The van der Waals surface area contributed by atoms with Crippen molar-refractivity contribution in [1.29, 1.82) is 5.39 Å². The topological polar surface area (TPSA) is 74.3 Å². The zero-order valence-electron chi connectivity index (χ0n) is 7.64. The second-order valence-electron chi connectivity index (χ2n) is 2.73. The van der Waals surface area contributed by atoms with Crippen LogP contribution in [0.5, 0.6) is 0 Å². The summed E-state index contributed by atoms with van der Waals surface area (Å²) in [6.45, 7) is 0. The van der Waals surface area contributed by atoms with Crippen molar-refractivity contribution in [3.05, 3.63) is 34.8 Å². The lowest BCUT2D eigenvalue weighted by molar-refractivity contribution is 0.587. The number of hydrogen-bond acceptors (Lipinski definition) is 3. The van der Waals surface area contributed by atoms with E-state index in [4.69, 9.17) is 5.39 Å².